The summed E-state index contributed by atoms with van der Waals surface area (Å²) in [7, 11) is -6.12. The largest absolute Gasteiger partial charge is 0.425 e. The molecule has 37 heavy (non-hydrogen) atoms. The van der Waals surface area contributed by atoms with Crippen molar-refractivity contribution in [1.82, 2.24) is 5.32 Å². The van der Waals surface area contributed by atoms with E-state index in [4.69, 9.17) is 12.6 Å². The zero-order chi connectivity index (χ0) is 27.3. The summed E-state index contributed by atoms with van der Waals surface area (Å²) >= 11 is 0. The number of hydrogen-bond acceptors (Lipinski definition) is 8. The number of rotatable bonds is 5. The molecule has 0 aliphatic carbocycles. The van der Waals surface area contributed by atoms with Gasteiger partial charge in [0.1, 0.15) is 10.6 Å². The number of carbonyl (C=O) groups excluding carboxylic acids is 2. The summed E-state index contributed by atoms with van der Waals surface area (Å²) in [5.74, 6) is -0.737. The van der Waals surface area contributed by atoms with Crippen molar-refractivity contribution in [2.24, 2.45) is 4.99 Å². The molecule has 2 amide bonds. The molecular weight excluding hydrogens is 522 g/mol. The smallest absolute Gasteiger partial charge is 0.355 e. The number of anilines is 1. The molecule has 3 aromatic carbocycles. The van der Waals surface area contributed by atoms with Crippen LogP contribution in [0.3, 0.4) is 0 Å². The molecule has 1 heterocycles. The first kappa shape index (κ1) is 27.4. The van der Waals surface area contributed by atoms with Crippen LogP contribution in [0.25, 0.3) is 11.1 Å². The normalized spacial score (nSPS) is 11.9. The number of nitrogens with zero attached hydrogens (tertiary/aromatic N) is 1. The van der Waals surface area contributed by atoms with E-state index in [1.807, 2.05) is 19.1 Å². The Labute approximate surface area is 214 Å². The van der Waals surface area contributed by atoms with Gasteiger partial charge < -0.3 is 10.6 Å². The standard InChI is InChI=1S/C24H21N3O5S.O3S/c1-14-3-5-15(6-4-14)19-9-8-18(13-22(19)33(30,31)32)26-24(29)21-12-17-11-16(23(28)25-2)7-10-20(17)27-21;1-4(2)3/h3-11,13H,12H2,1-2H3,(H,25,28)(H,26,29)(H,30,31,32);. The Morgan fingerprint density at radius 3 is 2.19 bits per heavy atom. The molecule has 0 radical (unpaired) electrons. The highest BCUT2D eigenvalue weighted by Crippen LogP contribution is 2.31. The van der Waals surface area contributed by atoms with Gasteiger partial charge in [0.15, 0.2) is 0 Å². The lowest BCUT2D eigenvalue weighted by Gasteiger charge is -2.11. The number of carbonyl (C=O) groups is 2. The molecule has 0 saturated heterocycles. The number of aryl methyl sites for hydroxylation is 1. The van der Waals surface area contributed by atoms with Crippen molar-refractivity contribution in [3.05, 3.63) is 77.4 Å². The van der Waals surface area contributed by atoms with Crippen molar-refractivity contribution < 1.29 is 35.2 Å². The molecule has 0 saturated carbocycles. The van der Waals surface area contributed by atoms with Crippen molar-refractivity contribution in [3.63, 3.8) is 0 Å². The van der Waals surface area contributed by atoms with Crippen LogP contribution in [0.2, 0.25) is 0 Å². The molecule has 0 atom stereocenters. The maximum absolute atomic E-state index is 12.8. The van der Waals surface area contributed by atoms with Crippen LogP contribution >= 0.6 is 0 Å². The molecule has 0 bridgehead atoms. The number of amides is 2. The quantitative estimate of drug-likeness (QED) is 0.411. The van der Waals surface area contributed by atoms with E-state index in [0.29, 0.717) is 22.4 Å². The van der Waals surface area contributed by atoms with Gasteiger partial charge in [0, 0.05) is 30.3 Å². The van der Waals surface area contributed by atoms with Crippen LogP contribution in [0, 0.1) is 6.92 Å². The van der Waals surface area contributed by atoms with Gasteiger partial charge >= 0.3 is 10.6 Å². The van der Waals surface area contributed by atoms with E-state index in [0.717, 1.165) is 11.1 Å². The van der Waals surface area contributed by atoms with E-state index in [9.17, 15) is 22.6 Å². The van der Waals surface area contributed by atoms with E-state index in [1.54, 1.807) is 36.4 Å². The SMILES string of the molecule is CNC(=O)c1ccc2c(c1)CC(C(=O)Nc1ccc(-c3ccc(C)cc3)c(S(=O)(=O)O)c1)=N2.O=S(=O)=O. The predicted octanol–water partition coefficient (Wildman–Crippen LogP) is 2.53. The molecule has 0 unspecified atom stereocenters. The van der Waals surface area contributed by atoms with Gasteiger partial charge in [0.2, 0.25) is 0 Å². The summed E-state index contributed by atoms with van der Waals surface area (Å²) < 4.78 is 59.2. The van der Waals surface area contributed by atoms with E-state index in [2.05, 4.69) is 15.6 Å². The van der Waals surface area contributed by atoms with E-state index < -0.39 is 26.6 Å². The van der Waals surface area contributed by atoms with Gasteiger partial charge in [-0.05, 0) is 48.4 Å². The van der Waals surface area contributed by atoms with Gasteiger partial charge in [0.25, 0.3) is 21.9 Å². The van der Waals surface area contributed by atoms with Crippen molar-refractivity contribution >= 4 is 49.6 Å². The van der Waals surface area contributed by atoms with Gasteiger partial charge in [-0.15, -0.1) is 12.6 Å². The fourth-order valence-electron chi connectivity index (χ4n) is 3.61. The van der Waals surface area contributed by atoms with Crippen molar-refractivity contribution in [2.75, 3.05) is 12.4 Å². The Bertz CT molecular complexity index is 1620. The third kappa shape index (κ3) is 6.94. The van der Waals surface area contributed by atoms with Crippen LogP contribution in [-0.4, -0.2) is 50.2 Å². The summed E-state index contributed by atoms with van der Waals surface area (Å²) in [6, 6.07) is 16.5. The van der Waals surface area contributed by atoms with Gasteiger partial charge in [-0.3, -0.25) is 14.1 Å². The summed E-state index contributed by atoms with van der Waals surface area (Å²) in [6.07, 6.45) is 0.235. The topological polar surface area (TPSA) is 176 Å². The molecule has 11 nitrogen and oxygen atoms in total. The van der Waals surface area contributed by atoms with Crippen molar-refractivity contribution in [2.45, 2.75) is 18.2 Å². The second-order valence-electron chi connectivity index (χ2n) is 7.87. The van der Waals surface area contributed by atoms with E-state index in [-0.39, 0.29) is 28.6 Å². The Morgan fingerprint density at radius 1 is 0.946 bits per heavy atom. The lowest BCUT2D eigenvalue weighted by molar-refractivity contribution is -0.110. The van der Waals surface area contributed by atoms with Gasteiger partial charge in [0.05, 0.1) is 5.69 Å². The predicted molar refractivity (Wildman–Crippen MR) is 135 cm³/mol. The van der Waals surface area contributed by atoms with Crippen LogP contribution in [0.15, 0.2) is 70.6 Å². The molecule has 13 heteroatoms. The maximum atomic E-state index is 12.8. The molecule has 192 valence electrons. The number of hydrogen-bond donors (Lipinski definition) is 3. The first-order valence-electron chi connectivity index (χ1n) is 10.6. The van der Waals surface area contributed by atoms with Crippen LogP contribution in [0.1, 0.15) is 21.5 Å². The molecular formula is C24H21N3O8S2. The first-order valence-corrected chi connectivity index (χ1v) is 13.0. The lowest BCUT2D eigenvalue weighted by atomic mass is 10.0. The van der Waals surface area contributed by atoms with Crippen molar-refractivity contribution in [1.29, 1.82) is 0 Å². The molecule has 0 spiro atoms. The number of fused-ring (bicyclic) bond motifs is 1. The summed E-state index contributed by atoms with van der Waals surface area (Å²) in [5.41, 5.74) is 4.20. The Kier molecular flexibility index (Phi) is 8.32. The molecule has 4 rings (SSSR count). The van der Waals surface area contributed by atoms with Gasteiger partial charge in [-0.1, -0.05) is 35.9 Å². The highest BCUT2D eigenvalue weighted by Gasteiger charge is 2.23. The summed E-state index contributed by atoms with van der Waals surface area (Å²) in [5, 5.41) is 5.19. The zero-order valence-electron chi connectivity index (χ0n) is 19.5. The zero-order valence-corrected chi connectivity index (χ0v) is 21.2. The van der Waals surface area contributed by atoms with Crippen LogP contribution < -0.4 is 10.6 Å². The summed E-state index contributed by atoms with van der Waals surface area (Å²) in [4.78, 5) is 28.6. The average Bonchev–Trinajstić information content (AvgIpc) is 3.27. The van der Waals surface area contributed by atoms with Gasteiger partial charge in [-0.25, -0.2) is 4.99 Å². The third-order valence-electron chi connectivity index (χ3n) is 5.32. The molecule has 0 fully saturated rings. The second-order valence-corrected chi connectivity index (χ2v) is 9.67. The molecule has 0 aromatic heterocycles. The fraction of sp³-hybridized carbons (Fsp3) is 0.125. The Balaban J connectivity index is 0.000000886. The molecule has 3 aromatic rings. The van der Waals surface area contributed by atoms with E-state index in [1.165, 1.54) is 19.2 Å². The van der Waals surface area contributed by atoms with Crippen LogP contribution in [-0.2, 0) is 31.9 Å². The maximum Gasteiger partial charge on any atom is 0.425 e. The highest BCUT2D eigenvalue weighted by molar-refractivity contribution is 7.86. The van der Waals surface area contributed by atoms with E-state index >= 15 is 0 Å². The van der Waals surface area contributed by atoms with Crippen LogP contribution in [0.5, 0.6) is 0 Å². The minimum Gasteiger partial charge on any atom is -0.355 e. The second kappa shape index (κ2) is 11.2. The fourth-order valence-corrected chi connectivity index (χ4v) is 4.35. The number of aliphatic imine (C=N–C) groups is 1. The summed E-state index contributed by atoms with van der Waals surface area (Å²) in [6.45, 7) is 1.91. The monoisotopic (exact) mass is 543 g/mol. The number of benzene rings is 3. The average molecular weight is 544 g/mol. The molecule has 1 aliphatic heterocycles. The number of nitrogens with one attached hydrogen (secondary N) is 2. The van der Waals surface area contributed by atoms with Crippen molar-refractivity contribution in [3.8, 4) is 11.1 Å². The first-order chi connectivity index (χ1) is 17.4. The van der Waals surface area contributed by atoms with Crippen LogP contribution in [0.4, 0.5) is 11.4 Å². The Hall–Kier alpha value is -4.20. The third-order valence-corrected chi connectivity index (χ3v) is 6.22. The van der Waals surface area contributed by atoms with Gasteiger partial charge in [-0.2, -0.15) is 8.42 Å². The minimum absolute atomic E-state index is 0.202. The Morgan fingerprint density at radius 2 is 1.59 bits per heavy atom. The highest BCUT2D eigenvalue weighted by atomic mass is 32.2. The molecule has 3 N–H and O–H groups in total. The minimum atomic E-state index is -4.55. The molecule has 1 aliphatic rings. The lowest BCUT2D eigenvalue weighted by Crippen LogP contribution is -2.23.